The van der Waals surface area contributed by atoms with Crippen molar-refractivity contribution in [1.82, 2.24) is 4.90 Å². The third-order valence-electron chi connectivity index (χ3n) is 5.19. The molecule has 0 fully saturated rings. The zero-order valence-electron chi connectivity index (χ0n) is 18.8. The summed E-state index contributed by atoms with van der Waals surface area (Å²) in [7, 11) is 6.23. The summed E-state index contributed by atoms with van der Waals surface area (Å²) in [5.41, 5.74) is 1.74. The van der Waals surface area contributed by atoms with Crippen molar-refractivity contribution in [2.45, 2.75) is 0 Å². The third-order valence-corrected chi connectivity index (χ3v) is 5.19. The molecule has 2 amide bonds. The number of hydrogen-bond acceptors (Lipinski definition) is 7. The lowest BCUT2D eigenvalue weighted by atomic mass is 10.0. The molecule has 0 unspecified atom stereocenters. The Balaban J connectivity index is 2.11. The van der Waals surface area contributed by atoms with E-state index in [2.05, 4.69) is 0 Å². The zero-order chi connectivity index (χ0) is 23.1. The van der Waals surface area contributed by atoms with Crippen LogP contribution in [0.4, 0.5) is 5.69 Å². The van der Waals surface area contributed by atoms with Gasteiger partial charge in [0.1, 0.15) is 5.70 Å². The van der Waals surface area contributed by atoms with Gasteiger partial charge in [0.15, 0.2) is 11.5 Å². The first-order valence-corrected chi connectivity index (χ1v) is 10.2. The summed E-state index contributed by atoms with van der Waals surface area (Å²) in [5, 5.41) is 0. The van der Waals surface area contributed by atoms with Crippen LogP contribution in [0.1, 0.15) is 5.56 Å². The molecule has 0 spiro atoms. The van der Waals surface area contributed by atoms with Crippen LogP contribution in [-0.2, 0) is 19.1 Å². The average Bonchev–Trinajstić information content (AvgIpc) is 3.09. The molecular formula is C24H28N2O6. The summed E-state index contributed by atoms with van der Waals surface area (Å²) in [6, 6.07) is 14.1. The first-order valence-electron chi connectivity index (χ1n) is 10.2. The van der Waals surface area contributed by atoms with E-state index in [9.17, 15) is 9.59 Å². The van der Waals surface area contributed by atoms with E-state index in [1.807, 2.05) is 35.2 Å². The Kier molecular flexibility index (Phi) is 7.86. The predicted octanol–water partition coefficient (Wildman–Crippen LogP) is 2.58. The molecule has 0 saturated carbocycles. The van der Waals surface area contributed by atoms with E-state index >= 15 is 0 Å². The van der Waals surface area contributed by atoms with E-state index in [-0.39, 0.29) is 0 Å². The largest absolute Gasteiger partial charge is 0.493 e. The molecule has 0 atom stereocenters. The molecule has 1 heterocycles. The Morgan fingerprint density at radius 3 is 1.97 bits per heavy atom. The minimum atomic E-state index is -0.409. The predicted molar refractivity (Wildman–Crippen MR) is 121 cm³/mol. The van der Waals surface area contributed by atoms with Gasteiger partial charge in [-0.2, -0.15) is 0 Å². The quantitative estimate of drug-likeness (QED) is 0.497. The fourth-order valence-corrected chi connectivity index (χ4v) is 3.61. The number of amides is 2. The van der Waals surface area contributed by atoms with Crippen molar-refractivity contribution < 1.29 is 28.5 Å². The van der Waals surface area contributed by atoms with Crippen LogP contribution in [0.2, 0.25) is 0 Å². The lowest BCUT2D eigenvalue weighted by Crippen LogP contribution is -2.37. The second-order valence-electron chi connectivity index (χ2n) is 7.05. The average molecular weight is 440 g/mol. The molecular weight excluding hydrogens is 412 g/mol. The molecule has 0 bridgehead atoms. The van der Waals surface area contributed by atoms with Gasteiger partial charge in [0, 0.05) is 33.4 Å². The molecule has 8 heteroatoms. The Labute approximate surface area is 187 Å². The van der Waals surface area contributed by atoms with E-state index in [1.54, 1.807) is 32.4 Å². The molecule has 0 radical (unpaired) electrons. The van der Waals surface area contributed by atoms with Crippen molar-refractivity contribution in [3.8, 4) is 11.5 Å². The molecule has 2 aromatic rings. The number of carbonyl (C=O) groups excluding carboxylic acids is 2. The summed E-state index contributed by atoms with van der Waals surface area (Å²) < 4.78 is 21.1. The second-order valence-corrected chi connectivity index (χ2v) is 7.05. The summed E-state index contributed by atoms with van der Waals surface area (Å²) in [5.74, 6) is 0.126. The van der Waals surface area contributed by atoms with Crippen LogP contribution in [0.25, 0.3) is 5.57 Å². The highest BCUT2D eigenvalue weighted by Gasteiger charge is 2.42. The Bertz CT molecular complexity index is 981. The van der Waals surface area contributed by atoms with E-state index in [4.69, 9.17) is 18.9 Å². The maximum Gasteiger partial charge on any atom is 0.282 e. The van der Waals surface area contributed by atoms with E-state index in [0.29, 0.717) is 60.3 Å². The van der Waals surface area contributed by atoms with Crippen LogP contribution in [0.5, 0.6) is 11.5 Å². The monoisotopic (exact) mass is 440 g/mol. The van der Waals surface area contributed by atoms with Crippen molar-refractivity contribution >= 4 is 23.1 Å². The van der Waals surface area contributed by atoms with Gasteiger partial charge in [-0.3, -0.25) is 9.59 Å². The van der Waals surface area contributed by atoms with Crippen molar-refractivity contribution in [2.24, 2.45) is 0 Å². The summed E-state index contributed by atoms with van der Waals surface area (Å²) in [4.78, 5) is 30.3. The van der Waals surface area contributed by atoms with Gasteiger partial charge in [-0.25, -0.2) is 4.90 Å². The van der Waals surface area contributed by atoms with Crippen molar-refractivity contribution in [3.05, 3.63) is 59.8 Å². The molecule has 0 aliphatic carbocycles. The van der Waals surface area contributed by atoms with Crippen LogP contribution in [-0.4, -0.2) is 71.5 Å². The minimum Gasteiger partial charge on any atom is -0.493 e. The van der Waals surface area contributed by atoms with Crippen LogP contribution < -0.4 is 14.4 Å². The van der Waals surface area contributed by atoms with Gasteiger partial charge in [-0.15, -0.1) is 0 Å². The molecule has 0 aromatic heterocycles. The fourth-order valence-electron chi connectivity index (χ4n) is 3.61. The molecule has 8 nitrogen and oxygen atoms in total. The maximum atomic E-state index is 13.7. The number of benzene rings is 2. The fraction of sp³-hybridized carbons (Fsp3) is 0.333. The Hall–Kier alpha value is -3.36. The van der Waals surface area contributed by atoms with Gasteiger partial charge in [0.25, 0.3) is 11.8 Å². The van der Waals surface area contributed by atoms with E-state index < -0.39 is 11.8 Å². The Morgan fingerprint density at radius 1 is 0.781 bits per heavy atom. The number of hydrogen-bond donors (Lipinski definition) is 0. The highest BCUT2D eigenvalue weighted by molar-refractivity contribution is 6.45. The van der Waals surface area contributed by atoms with Gasteiger partial charge in [0.2, 0.25) is 0 Å². The lowest BCUT2D eigenvalue weighted by Gasteiger charge is -2.25. The van der Waals surface area contributed by atoms with Crippen molar-refractivity contribution in [3.63, 3.8) is 0 Å². The highest BCUT2D eigenvalue weighted by atomic mass is 16.5. The molecule has 32 heavy (non-hydrogen) atoms. The number of nitrogens with zero attached hydrogens (tertiary/aromatic N) is 2. The molecule has 3 rings (SSSR count). The molecule has 1 aliphatic heterocycles. The lowest BCUT2D eigenvalue weighted by molar-refractivity contribution is -0.120. The highest BCUT2D eigenvalue weighted by Crippen LogP contribution is 2.38. The Morgan fingerprint density at radius 2 is 1.41 bits per heavy atom. The van der Waals surface area contributed by atoms with E-state index in [0.717, 1.165) is 0 Å². The standard InChI is InChI=1S/C24H28N2O6/c1-29-14-12-25(13-15-30-2)22-21(17-8-6-5-7-9-17)23(27)26(24(22)28)18-10-11-19(31-3)20(16-18)32-4/h5-11,16H,12-15H2,1-4H3. The number of anilines is 1. The first kappa shape index (κ1) is 23.3. The topological polar surface area (TPSA) is 77.5 Å². The van der Waals surface area contributed by atoms with Gasteiger partial charge in [-0.1, -0.05) is 30.3 Å². The number of carbonyl (C=O) groups is 2. The SMILES string of the molecule is COCCN(CCOC)C1=C(c2ccccc2)C(=O)N(c2ccc(OC)c(OC)c2)C1=O. The van der Waals surface area contributed by atoms with Gasteiger partial charge >= 0.3 is 0 Å². The number of rotatable bonds is 11. The van der Waals surface area contributed by atoms with Crippen molar-refractivity contribution in [1.29, 1.82) is 0 Å². The van der Waals surface area contributed by atoms with Crippen LogP contribution in [0.15, 0.2) is 54.2 Å². The summed E-state index contributed by atoms with van der Waals surface area (Å²) in [6.07, 6.45) is 0. The number of methoxy groups -OCH3 is 4. The summed E-state index contributed by atoms with van der Waals surface area (Å²) >= 11 is 0. The smallest absolute Gasteiger partial charge is 0.282 e. The number of imide groups is 1. The van der Waals surface area contributed by atoms with Crippen LogP contribution >= 0.6 is 0 Å². The second kappa shape index (κ2) is 10.8. The maximum absolute atomic E-state index is 13.7. The number of ether oxygens (including phenoxy) is 4. The molecule has 1 aliphatic rings. The first-order chi connectivity index (χ1) is 15.6. The minimum absolute atomic E-state index is 0.324. The van der Waals surface area contributed by atoms with Gasteiger partial charge in [0.05, 0.1) is 38.7 Å². The zero-order valence-corrected chi connectivity index (χ0v) is 18.8. The van der Waals surface area contributed by atoms with E-state index in [1.165, 1.54) is 19.1 Å². The normalized spacial score (nSPS) is 13.7. The van der Waals surface area contributed by atoms with Gasteiger partial charge < -0.3 is 23.8 Å². The van der Waals surface area contributed by atoms with Crippen LogP contribution in [0.3, 0.4) is 0 Å². The molecule has 2 aromatic carbocycles. The molecule has 170 valence electrons. The molecule has 0 N–H and O–H groups in total. The third kappa shape index (κ3) is 4.61. The molecule has 0 saturated heterocycles. The summed E-state index contributed by atoms with van der Waals surface area (Å²) in [6.45, 7) is 1.66. The van der Waals surface area contributed by atoms with Crippen LogP contribution in [0, 0.1) is 0 Å². The van der Waals surface area contributed by atoms with Crippen molar-refractivity contribution in [2.75, 3.05) is 59.6 Å². The van der Waals surface area contributed by atoms with Gasteiger partial charge in [-0.05, 0) is 17.7 Å².